The van der Waals surface area contributed by atoms with Crippen molar-refractivity contribution in [2.45, 2.75) is 50.3 Å². The van der Waals surface area contributed by atoms with Crippen LogP contribution in [0.3, 0.4) is 0 Å². The van der Waals surface area contributed by atoms with E-state index in [0.717, 1.165) is 44.2 Å². The molecule has 1 fully saturated rings. The van der Waals surface area contributed by atoms with E-state index in [1.807, 2.05) is 0 Å². The van der Waals surface area contributed by atoms with Gasteiger partial charge in [0.1, 0.15) is 0 Å². The van der Waals surface area contributed by atoms with Gasteiger partial charge in [0, 0.05) is 23.5 Å². The molecule has 1 unspecified atom stereocenters. The first-order chi connectivity index (χ1) is 13.5. The highest BCUT2D eigenvalue weighted by molar-refractivity contribution is 7.89. The standard InChI is InChI=1S/C20H25N3O3S2/c1-2-14-8-9-17-18(12-14)27-20(21-17)22-19(24)15-6-5-7-16(13-15)28(25,26)23-10-3-4-11-23/h5-7,13-14H,2-4,8-12H2,1H3,(H,21,22,24). The third kappa shape index (κ3) is 3.86. The average molecular weight is 420 g/mol. The van der Waals surface area contributed by atoms with Crippen LogP contribution in [0, 0.1) is 5.92 Å². The Kier molecular flexibility index (Phi) is 5.53. The van der Waals surface area contributed by atoms with Crippen LogP contribution in [0.1, 0.15) is 53.5 Å². The van der Waals surface area contributed by atoms with Crippen LogP contribution in [-0.2, 0) is 22.9 Å². The van der Waals surface area contributed by atoms with Gasteiger partial charge in [-0.3, -0.25) is 10.1 Å². The molecule has 0 bridgehead atoms. The van der Waals surface area contributed by atoms with Crippen molar-refractivity contribution in [3.8, 4) is 0 Å². The highest BCUT2D eigenvalue weighted by Crippen LogP contribution is 2.33. The van der Waals surface area contributed by atoms with E-state index in [0.29, 0.717) is 29.7 Å². The summed E-state index contributed by atoms with van der Waals surface area (Å²) in [6.07, 6.45) is 6.07. The second kappa shape index (κ2) is 7.93. The number of rotatable bonds is 5. The maximum absolute atomic E-state index is 12.7. The van der Waals surface area contributed by atoms with Crippen molar-refractivity contribution in [2.75, 3.05) is 18.4 Å². The number of nitrogens with one attached hydrogen (secondary N) is 1. The molecule has 1 N–H and O–H groups in total. The number of hydrogen-bond donors (Lipinski definition) is 1. The summed E-state index contributed by atoms with van der Waals surface area (Å²) in [5.41, 5.74) is 1.43. The van der Waals surface area contributed by atoms with Crippen molar-refractivity contribution in [3.63, 3.8) is 0 Å². The molecule has 4 rings (SSSR count). The van der Waals surface area contributed by atoms with E-state index in [1.54, 1.807) is 18.2 Å². The number of thiazole rings is 1. The molecule has 1 aromatic carbocycles. The topological polar surface area (TPSA) is 79.4 Å². The van der Waals surface area contributed by atoms with Crippen molar-refractivity contribution >= 4 is 32.4 Å². The Bertz CT molecular complexity index is 978. The maximum atomic E-state index is 12.7. The van der Waals surface area contributed by atoms with Gasteiger partial charge in [0.2, 0.25) is 10.0 Å². The van der Waals surface area contributed by atoms with E-state index in [-0.39, 0.29) is 10.8 Å². The molecule has 1 amide bonds. The van der Waals surface area contributed by atoms with E-state index < -0.39 is 10.0 Å². The number of anilines is 1. The Morgan fingerprint density at radius 1 is 1.32 bits per heavy atom. The first-order valence-corrected chi connectivity index (χ1v) is 12.1. The maximum Gasteiger partial charge on any atom is 0.257 e. The minimum atomic E-state index is -3.54. The summed E-state index contributed by atoms with van der Waals surface area (Å²) in [6.45, 7) is 3.30. The van der Waals surface area contributed by atoms with Crippen LogP contribution in [0.25, 0.3) is 0 Å². The predicted octanol–water partition coefficient (Wildman–Crippen LogP) is 3.69. The van der Waals surface area contributed by atoms with Crippen LogP contribution in [0.5, 0.6) is 0 Å². The number of aromatic nitrogens is 1. The zero-order valence-corrected chi connectivity index (χ0v) is 17.6. The third-order valence-electron chi connectivity index (χ3n) is 5.64. The molecule has 150 valence electrons. The van der Waals surface area contributed by atoms with Gasteiger partial charge in [-0.15, -0.1) is 11.3 Å². The Morgan fingerprint density at radius 3 is 2.86 bits per heavy atom. The summed E-state index contributed by atoms with van der Waals surface area (Å²) in [6, 6.07) is 6.27. The van der Waals surface area contributed by atoms with Crippen LogP contribution in [0.15, 0.2) is 29.2 Å². The molecule has 1 atom stereocenters. The van der Waals surface area contributed by atoms with Crippen LogP contribution in [0.2, 0.25) is 0 Å². The van der Waals surface area contributed by atoms with E-state index in [4.69, 9.17) is 0 Å². The number of aryl methyl sites for hydroxylation is 1. The highest BCUT2D eigenvalue weighted by Gasteiger charge is 2.28. The summed E-state index contributed by atoms with van der Waals surface area (Å²) in [7, 11) is -3.54. The second-order valence-corrected chi connectivity index (χ2v) is 10.5. The number of fused-ring (bicyclic) bond motifs is 1. The van der Waals surface area contributed by atoms with Crippen molar-refractivity contribution in [2.24, 2.45) is 5.92 Å². The van der Waals surface area contributed by atoms with Crippen LogP contribution >= 0.6 is 11.3 Å². The minimum Gasteiger partial charge on any atom is -0.298 e. The Balaban J connectivity index is 1.51. The van der Waals surface area contributed by atoms with Gasteiger partial charge < -0.3 is 0 Å². The van der Waals surface area contributed by atoms with E-state index in [2.05, 4.69) is 17.2 Å². The van der Waals surface area contributed by atoms with Gasteiger partial charge in [-0.1, -0.05) is 19.4 Å². The molecule has 2 aliphatic rings. The van der Waals surface area contributed by atoms with Crippen molar-refractivity contribution in [1.82, 2.24) is 9.29 Å². The lowest BCUT2D eigenvalue weighted by atomic mass is 9.89. The number of carbonyl (C=O) groups is 1. The summed E-state index contributed by atoms with van der Waals surface area (Å²) < 4.78 is 27.0. The van der Waals surface area contributed by atoms with Gasteiger partial charge in [-0.05, 0) is 56.2 Å². The summed E-state index contributed by atoms with van der Waals surface area (Å²) in [4.78, 5) is 18.7. The average Bonchev–Trinajstić information content (AvgIpc) is 3.37. The number of hydrogen-bond acceptors (Lipinski definition) is 5. The molecule has 2 heterocycles. The zero-order valence-electron chi connectivity index (χ0n) is 16.0. The quantitative estimate of drug-likeness (QED) is 0.801. The molecule has 6 nitrogen and oxygen atoms in total. The zero-order chi connectivity index (χ0) is 19.7. The van der Waals surface area contributed by atoms with Gasteiger partial charge >= 0.3 is 0 Å². The van der Waals surface area contributed by atoms with Gasteiger partial charge in [-0.2, -0.15) is 4.31 Å². The summed E-state index contributed by atoms with van der Waals surface area (Å²) >= 11 is 1.54. The fourth-order valence-corrected chi connectivity index (χ4v) is 6.57. The van der Waals surface area contributed by atoms with Gasteiger partial charge in [-0.25, -0.2) is 13.4 Å². The molecule has 2 aromatic rings. The molecule has 1 aliphatic carbocycles. The molecule has 0 saturated carbocycles. The van der Waals surface area contributed by atoms with Crippen molar-refractivity contribution in [3.05, 3.63) is 40.4 Å². The second-order valence-electron chi connectivity index (χ2n) is 7.50. The van der Waals surface area contributed by atoms with Gasteiger partial charge in [0.15, 0.2) is 5.13 Å². The fourth-order valence-electron chi connectivity index (χ4n) is 3.89. The lowest BCUT2D eigenvalue weighted by Crippen LogP contribution is -2.28. The number of sulfonamides is 1. The molecule has 0 spiro atoms. The molecule has 1 aromatic heterocycles. The van der Waals surface area contributed by atoms with Crippen molar-refractivity contribution in [1.29, 1.82) is 0 Å². The predicted molar refractivity (Wildman–Crippen MR) is 110 cm³/mol. The summed E-state index contributed by atoms with van der Waals surface area (Å²) in [5, 5.41) is 3.45. The largest absolute Gasteiger partial charge is 0.298 e. The number of amides is 1. The lowest BCUT2D eigenvalue weighted by Gasteiger charge is -2.18. The smallest absolute Gasteiger partial charge is 0.257 e. The normalized spacial score (nSPS) is 20.1. The molecule has 0 radical (unpaired) electrons. The molecular weight excluding hydrogens is 394 g/mol. The third-order valence-corrected chi connectivity index (χ3v) is 8.57. The Labute approximate surface area is 170 Å². The number of carbonyl (C=O) groups excluding carboxylic acids is 1. The molecule has 8 heteroatoms. The van der Waals surface area contributed by atoms with E-state index >= 15 is 0 Å². The molecule has 28 heavy (non-hydrogen) atoms. The lowest BCUT2D eigenvalue weighted by molar-refractivity contribution is 0.102. The van der Waals surface area contributed by atoms with Crippen LogP contribution in [-0.4, -0.2) is 36.7 Å². The SMILES string of the molecule is CCC1CCc2nc(NC(=O)c3cccc(S(=O)(=O)N4CCCC4)c3)sc2C1. The van der Waals surface area contributed by atoms with Gasteiger partial charge in [0.25, 0.3) is 5.91 Å². The fraction of sp³-hybridized carbons (Fsp3) is 0.500. The number of nitrogens with zero attached hydrogens (tertiary/aromatic N) is 2. The summed E-state index contributed by atoms with van der Waals surface area (Å²) in [5.74, 6) is 0.376. The Hall–Kier alpha value is -1.77. The molecule has 1 saturated heterocycles. The van der Waals surface area contributed by atoms with Crippen LogP contribution in [0.4, 0.5) is 5.13 Å². The number of benzene rings is 1. The monoisotopic (exact) mass is 419 g/mol. The Morgan fingerprint density at radius 2 is 2.11 bits per heavy atom. The first-order valence-electron chi connectivity index (χ1n) is 9.87. The van der Waals surface area contributed by atoms with E-state index in [9.17, 15) is 13.2 Å². The van der Waals surface area contributed by atoms with Crippen molar-refractivity contribution < 1.29 is 13.2 Å². The van der Waals surface area contributed by atoms with E-state index in [1.165, 1.54) is 26.6 Å². The molecule has 1 aliphatic heterocycles. The molecular formula is C20H25N3O3S2. The minimum absolute atomic E-state index is 0.172. The van der Waals surface area contributed by atoms with Crippen LogP contribution < -0.4 is 5.32 Å². The first kappa shape index (κ1) is 19.5. The van der Waals surface area contributed by atoms with Gasteiger partial charge in [0.05, 0.1) is 10.6 Å². The highest BCUT2D eigenvalue weighted by atomic mass is 32.2.